The molecule has 0 fully saturated rings. The number of fused-ring (bicyclic) bond motifs is 1. The number of hydrogen-bond donors (Lipinski definition) is 3. The van der Waals surface area contributed by atoms with Crippen molar-refractivity contribution in [1.82, 2.24) is 15.2 Å². The zero-order valence-corrected chi connectivity index (χ0v) is 21.8. The summed E-state index contributed by atoms with van der Waals surface area (Å²) in [6, 6.07) is 15.1. The number of amides is 2. The molecule has 36 heavy (non-hydrogen) atoms. The number of aryl methyl sites for hydroxylation is 1. The predicted octanol–water partition coefficient (Wildman–Crippen LogP) is 5.99. The number of halogens is 1. The summed E-state index contributed by atoms with van der Waals surface area (Å²) in [7, 11) is 2.11. The molecule has 6 nitrogen and oxygen atoms in total. The van der Waals surface area contributed by atoms with Gasteiger partial charge in [-0.15, -0.1) is 0 Å². The van der Waals surface area contributed by atoms with Crippen molar-refractivity contribution in [3.63, 3.8) is 0 Å². The lowest BCUT2D eigenvalue weighted by Gasteiger charge is -2.16. The number of benzene rings is 2. The van der Waals surface area contributed by atoms with Gasteiger partial charge in [0.15, 0.2) is 0 Å². The number of unbranched alkanes of at least 4 members (excludes halogenated alkanes) is 1. The quantitative estimate of drug-likeness (QED) is 0.234. The summed E-state index contributed by atoms with van der Waals surface area (Å²) >= 11 is 6.49. The van der Waals surface area contributed by atoms with Gasteiger partial charge in [0.05, 0.1) is 16.8 Å². The zero-order chi connectivity index (χ0) is 25.7. The van der Waals surface area contributed by atoms with Crippen LogP contribution in [-0.4, -0.2) is 48.4 Å². The third-order valence-corrected chi connectivity index (χ3v) is 6.73. The Labute approximate surface area is 217 Å². The van der Waals surface area contributed by atoms with E-state index in [1.54, 1.807) is 6.08 Å². The molecule has 3 aromatic rings. The van der Waals surface area contributed by atoms with Crippen LogP contribution in [-0.2, 0) is 4.79 Å². The van der Waals surface area contributed by atoms with Crippen molar-refractivity contribution in [3.05, 3.63) is 76.1 Å². The lowest BCUT2D eigenvalue weighted by Crippen LogP contribution is -2.28. The summed E-state index contributed by atoms with van der Waals surface area (Å²) in [4.78, 5) is 31.6. The second-order valence-electron chi connectivity index (χ2n) is 9.27. The van der Waals surface area contributed by atoms with E-state index in [9.17, 15) is 9.59 Å². The van der Waals surface area contributed by atoms with E-state index in [0.29, 0.717) is 28.4 Å². The normalized spacial score (nSPS) is 13.8. The van der Waals surface area contributed by atoms with Crippen molar-refractivity contribution >= 4 is 40.8 Å². The number of hydrogen-bond acceptors (Lipinski definition) is 3. The van der Waals surface area contributed by atoms with Crippen LogP contribution in [0.4, 0.5) is 5.69 Å². The van der Waals surface area contributed by atoms with Gasteiger partial charge in [-0.05, 0) is 69.7 Å². The molecule has 1 aliphatic rings. The number of nitrogens with one attached hydrogen (secondary N) is 3. The van der Waals surface area contributed by atoms with Crippen molar-refractivity contribution in [1.29, 1.82) is 0 Å². The van der Waals surface area contributed by atoms with Gasteiger partial charge in [0.1, 0.15) is 0 Å². The van der Waals surface area contributed by atoms with Gasteiger partial charge in [0.2, 0.25) is 0 Å². The Morgan fingerprint density at radius 3 is 2.61 bits per heavy atom. The van der Waals surface area contributed by atoms with Gasteiger partial charge in [-0.3, -0.25) is 9.59 Å². The number of aromatic nitrogens is 1. The second-order valence-corrected chi connectivity index (χ2v) is 9.67. The van der Waals surface area contributed by atoms with Crippen LogP contribution in [0.3, 0.4) is 0 Å². The van der Waals surface area contributed by atoms with E-state index >= 15 is 0 Å². The Kier molecular flexibility index (Phi) is 8.28. The highest BCUT2D eigenvalue weighted by atomic mass is 35.5. The number of carbonyl (C=O) groups is 2. The first-order valence-corrected chi connectivity index (χ1v) is 12.8. The summed E-state index contributed by atoms with van der Waals surface area (Å²) in [5, 5.41) is 6.59. The smallest absolute Gasteiger partial charge is 0.256 e. The van der Waals surface area contributed by atoms with E-state index in [4.69, 9.17) is 11.6 Å². The number of H-pyrrole nitrogens is 1. The number of carbonyl (C=O) groups excluding carboxylic acids is 2. The molecular weight excluding hydrogens is 472 g/mol. The molecule has 0 unspecified atom stereocenters. The molecular formula is C29H33ClN4O2. The first-order chi connectivity index (χ1) is 17.4. The molecule has 0 saturated carbocycles. The zero-order valence-electron chi connectivity index (χ0n) is 21.1. The van der Waals surface area contributed by atoms with E-state index < -0.39 is 0 Å². The van der Waals surface area contributed by atoms with Crippen molar-refractivity contribution in [2.75, 3.05) is 32.0 Å². The molecule has 7 heteroatoms. The van der Waals surface area contributed by atoms with Crippen molar-refractivity contribution in [2.24, 2.45) is 0 Å². The van der Waals surface area contributed by atoms with Crippen LogP contribution in [0.1, 0.15) is 53.5 Å². The molecule has 1 aliphatic heterocycles. The standard InChI is InChI=1S/C29H33ClN4O2/c1-4-5-15-34(3)16-9-14-31-28(35)22-17-19(2)32-26(22)18-23-27-21(20-10-6-7-12-24(20)30)11-8-13-25(27)33-29(23)36/h6-8,10-13,17-18,32H,4-5,9,14-16H2,1-3H3,(H,31,35)(H,33,36)/b23-18-. The molecule has 3 N–H and O–H groups in total. The van der Waals surface area contributed by atoms with Crippen LogP contribution < -0.4 is 10.6 Å². The molecule has 188 valence electrons. The minimum atomic E-state index is -0.210. The van der Waals surface area contributed by atoms with E-state index in [0.717, 1.165) is 47.6 Å². The Morgan fingerprint density at radius 2 is 1.83 bits per heavy atom. The Hall–Kier alpha value is -3.35. The molecule has 0 atom stereocenters. The van der Waals surface area contributed by atoms with Gasteiger partial charge in [-0.1, -0.05) is 55.3 Å². The van der Waals surface area contributed by atoms with Gasteiger partial charge < -0.3 is 20.5 Å². The molecule has 0 bridgehead atoms. The monoisotopic (exact) mass is 504 g/mol. The molecule has 0 spiro atoms. The van der Waals surface area contributed by atoms with Crippen LogP contribution in [0, 0.1) is 6.92 Å². The van der Waals surface area contributed by atoms with Gasteiger partial charge in [0, 0.05) is 34.1 Å². The first-order valence-electron chi connectivity index (χ1n) is 12.5. The van der Waals surface area contributed by atoms with Gasteiger partial charge in [0.25, 0.3) is 11.8 Å². The second kappa shape index (κ2) is 11.6. The van der Waals surface area contributed by atoms with Crippen LogP contribution in [0.25, 0.3) is 22.8 Å². The molecule has 2 heterocycles. The lowest BCUT2D eigenvalue weighted by molar-refractivity contribution is -0.110. The fraction of sp³-hybridized carbons (Fsp3) is 0.310. The average molecular weight is 505 g/mol. The highest BCUT2D eigenvalue weighted by Crippen LogP contribution is 2.42. The van der Waals surface area contributed by atoms with Crippen LogP contribution in [0.15, 0.2) is 48.5 Å². The third kappa shape index (κ3) is 5.72. The van der Waals surface area contributed by atoms with Crippen molar-refractivity contribution < 1.29 is 9.59 Å². The molecule has 0 saturated heterocycles. The van der Waals surface area contributed by atoms with E-state index in [-0.39, 0.29) is 11.8 Å². The highest BCUT2D eigenvalue weighted by Gasteiger charge is 2.28. The topological polar surface area (TPSA) is 77.2 Å². The number of anilines is 1. The molecule has 4 rings (SSSR count). The maximum atomic E-state index is 13.0. The largest absolute Gasteiger partial charge is 0.358 e. The third-order valence-electron chi connectivity index (χ3n) is 6.40. The molecule has 0 radical (unpaired) electrons. The average Bonchev–Trinajstić information content (AvgIpc) is 3.39. The van der Waals surface area contributed by atoms with Gasteiger partial charge in [-0.2, -0.15) is 0 Å². The minimum Gasteiger partial charge on any atom is -0.358 e. The summed E-state index contributed by atoms with van der Waals surface area (Å²) in [6.45, 7) is 6.68. The Balaban J connectivity index is 1.58. The van der Waals surface area contributed by atoms with Gasteiger partial charge >= 0.3 is 0 Å². The fourth-order valence-corrected chi connectivity index (χ4v) is 4.77. The van der Waals surface area contributed by atoms with E-state index in [1.807, 2.05) is 55.5 Å². The SMILES string of the molecule is CCCCN(C)CCCNC(=O)c1cc(C)[nH]c1/C=C1\C(=O)Nc2cccc(-c3ccccc3Cl)c21. The molecule has 0 aliphatic carbocycles. The first kappa shape index (κ1) is 25.7. The van der Waals surface area contributed by atoms with Crippen molar-refractivity contribution in [2.45, 2.75) is 33.1 Å². The number of nitrogens with zero attached hydrogens (tertiary/aromatic N) is 1. The Morgan fingerprint density at radius 1 is 1.08 bits per heavy atom. The van der Waals surface area contributed by atoms with E-state index in [1.165, 1.54) is 12.8 Å². The predicted molar refractivity (Wildman–Crippen MR) is 148 cm³/mol. The minimum absolute atomic E-state index is 0.152. The highest BCUT2D eigenvalue weighted by molar-refractivity contribution is 6.38. The van der Waals surface area contributed by atoms with Crippen LogP contribution in [0.5, 0.6) is 0 Å². The summed E-state index contributed by atoms with van der Waals surface area (Å²) in [5.41, 5.74) is 5.70. The summed E-state index contributed by atoms with van der Waals surface area (Å²) in [6.07, 6.45) is 5.00. The fourth-order valence-electron chi connectivity index (χ4n) is 4.53. The number of rotatable bonds is 10. The van der Waals surface area contributed by atoms with Gasteiger partial charge in [-0.25, -0.2) is 0 Å². The molecule has 2 aromatic carbocycles. The number of aromatic amines is 1. The molecule has 1 aromatic heterocycles. The lowest BCUT2D eigenvalue weighted by atomic mass is 9.94. The van der Waals surface area contributed by atoms with Crippen molar-refractivity contribution in [3.8, 4) is 11.1 Å². The van der Waals surface area contributed by atoms with Crippen LogP contribution in [0.2, 0.25) is 5.02 Å². The summed E-state index contributed by atoms with van der Waals surface area (Å²) in [5.74, 6) is -0.362. The molecule has 2 amide bonds. The summed E-state index contributed by atoms with van der Waals surface area (Å²) < 4.78 is 0. The maximum absolute atomic E-state index is 13.0. The van der Waals surface area contributed by atoms with Crippen LogP contribution >= 0.6 is 11.6 Å². The van der Waals surface area contributed by atoms with E-state index in [2.05, 4.69) is 34.5 Å². The maximum Gasteiger partial charge on any atom is 0.256 e. The Bertz CT molecular complexity index is 1290.